The molecule has 2 aromatic heterocycles. The van der Waals surface area contributed by atoms with E-state index in [0.29, 0.717) is 16.8 Å². The van der Waals surface area contributed by atoms with Crippen molar-refractivity contribution in [3.8, 4) is 0 Å². The smallest absolute Gasteiger partial charge is 0.376 e. The minimum absolute atomic E-state index is 0.147. The summed E-state index contributed by atoms with van der Waals surface area (Å²) in [5.41, 5.74) is 1.74. The van der Waals surface area contributed by atoms with Crippen LogP contribution < -0.4 is 5.32 Å². The minimum Gasteiger partial charge on any atom is -0.463 e. The second kappa shape index (κ2) is 15.4. The molecule has 2 aromatic rings. The molecule has 3 rings (SSSR count). The van der Waals surface area contributed by atoms with Crippen LogP contribution in [0, 0.1) is 5.92 Å². The van der Waals surface area contributed by atoms with Crippen molar-refractivity contribution in [3.63, 3.8) is 0 Å². The molecule has 3 heterocycles. The highest BCUT2D eigenvalue weighted by atomic mass is 16.5. The summed E-state index contributed by atoms with van der Waals surface area (Å²) in [6.07, 6.45) is 10.3. The Hall–Kier alpha value is -2.41. The molecule has 0 aliphatic carbocycles. The lowest BCUT2D eigenvalue weighted by atomic mass is 10.1. The van der Waals surface area contributed by atoms with Gasteiger partial charge in [0.1, 0.15) is 17.5 Å². The van der Waals surface area contributed by atoms with E-state index in [9.17, 15) is 9.59 Å². The van der Waals surface area contributed by atoms with Crippen LogP contribution in [0.1, 0.15) is 69.9 Å². The number of nitrogens with zero attached hydrogens (tertiary/aromatic N) is 2. The zero-order valence-corrected chi connectivity index (χ0v) is 19.8. The topological polar surface area (TPSA) is 84.7 Å². The molecular formula is C24H39N3O4. The summed E-state index contributed by atoms with van der Waals surface area (Å²) in [7, 11) is 3.01. The third-order valence-electron chi connectivity index (χ3n) is 5.05. The Balaban J connectivity index is 0.000000256. The number of likely N-dealkylation sites (tertiary alicyclic amines) is 1. The van der Waals surface area contributed by atoms with Crippen molar-refractivity contribution in [2.75, 3.05) is 39.1 Å². The number of rotatable bonds is 8. The third-order valence-corrected chi connectivity index (χ3v) is 5.05. The van der Waals surface area contributed by atoms with Crippen LogP contribution in [0.3, 0.4) is 0 Å². The van der Waals surface area contributed by atoms with E-state index in [1.165, 1.54) is 58.8 Å². The standard InChI is InChI=1S/C10H10N2O3.C7H15N.C7H14O/c1-11-8-7-6(4-3-5-12-7)15-9(8)10(13)14-2;1-2-5-8-6-3-4-7-8;1-3-4-5-7(2)6-8/h3-5,11H,1-2H3;2-7H2,1H3;6-7H,3-5H2,1-2H3/t;;7-/m..0/s1. The molecule has 1 saturated heterocycles. The SMILES string of the molecule is CCCC[C@H](C)C=O.CCCN1CCCC1.CNc1c(C(=O)OC)oc2cccnc12. The van der Waals surface area contributed by atoms with Crippen molar-refractivity contribution in [1.82, 2.24) is 9.88 Å². The first-order chi connectivity index (χ1) is 15.0. The van der Waals surface area contributed by atoms with Gasteiger partial charge in [-0.05, 0) is 57.5 Å². The van der Waals surface area contributed by atoms with Gasteiger partial charge in [0.25, 0.3) is 0 Å². The number of hydrogen-bond acceptors (Lipinski definition) is 7. The van der Waals surface area contributed by atoms with Gasteiger partial charge < -0.3 is 24.2 Å². The van der Waals surface area contributed by atoms with E-state index < -0.39 is 5.97 Å². The molecule has 0 spiro atoms. The van der Waals surface area contributed by atoms with Crippen LogP contribution in [-0.4, -0.2) is 55.9 Å². The average Bonchev–Trinajstić information content (AvgIpc) is 3.45. The van der Waals surface area contributed by atoms with Crippen molar-refractivity contribution in [1.29, 1.82) is 0 Å². The molecule has 0 bridgehead atoms. The van der Waals surface area contributed by atoms with Gasteiger partial charge in [-0.15, -0.1) is 0 Å². The van der Waals surface area contributed by atoms with E-state index in [-0.39, 0.29) is 11.7 Å². The Morgan fingerprint density at radius 2 is 2.03 bits per heavy atom. The second-order valence-electron chi connectivity index (χ2n) is 7.70. The van der Waals surface area contributed by atoms with Crippen LogP contribution in [0.25, 0.3) is 11.1 Å². The minimum atomic E-state index is -0.516. The number of carbonyl (C=O) groups excluding carboxylic acids is 2. The number of methoxy groups -OCH3 is 1. The molecule has 0 saturated carbocycles. The van der Waals surface area contributed by atoms with Gasteiger partial charge in [-0.3, -0.25) is 4.98 Å². The zero-order chi connectivity index (χ0) is 23.1. The molecule has 0 radical (unpaired) electrons. The fraction of sp³-hybridized carbons (Fsp3) is 0.625. The van der Waals surface area contributed by atoms with Crippen LogP contribution in [0.5, 0.6) is 0 Å². The lowest BCUT2D eigenvalue weighted by Crippen LogP contribution is -2.19. The lowest BCUT2D eigenvalue weighted by Gasteiger charge is -2.11. The van der Waals surface area contributed by atoms with Gasteiger partial charge in [0.15, 0.2) is 5.58 Å². The van der Waals surface area contributed by atoms with E-state index >= 15 is 0 Å². The zero-order valence-electron chi connectivity index (χ0n) is 19.8. The summed E-state index contributed by atoms with van der Waals surface area (Å²) in [5.74, 6) is -0.0963. The lowest BCUT2D eigenvalue weighted by molar-refractivity contribution is -0.110. The summed E-state index contributed by atoms with van der Waals surface area (Å²) in [4.78, 5) is 28.1. The van der Waals surface area contributed by atoms with E-state index in [0.717, 1.165) is 12.7 Å². The summed E-state index contributed by atoms with van der Waals surface area (Å²) in [5, 5.41) is 2.88. The molecule has 7 nitrogen and oxygen atoms in total. The van der Waals surface area contributed by atoms with Gasteiger partial charge in [-0.1, -0.05) is 33.6 Å². The molecule has 174 valence electrons. The van der Waals surface area contributed by atoms with E-state index in [1.54, 1.807) is 25.4 Å². The first-order valence-electron chi connectivity index (χ1n) is 11.3. The van der Waals surface area contributed by atoms with Crippen molar-refractivity contribution in [2.24, 2.45) is 5.92 Å². The molecule has 31 heavy (non-hydrogen) atoms. The first-order valence-corrected chi connectivity index (χ1v) is 11.3. The second-order valence-corrected chi connectivity index (χ2v) is 7.70. The number of unbranched alkanes of at least 4 members (excludes halogenated alkanes) is 1. The van der Waals surface area contributed by atoms with Gasteiger partial charge in [-0.25, -0.2) is 4.79 Å². The molecule has 7 heteroatoms. The van der Waals surface area contributed by atoms with Crippen molar-refractivity contribution in [3.05, 3.63) is 24.1 Å². The first kappa shape index (κ1) is 26.6. The quantitative estimate of drug-likeness (QED) is 0.454. The summed E-state index contributed by atoms with van der Waals surface area (Å²) >= 11 is 0. The molecule has 1 fully saturated rings. The largest absolute Gasteiger partial charge is 0.463 e. The maximum atomic E-state index is 11.4. The van der Waals surface area contributed by atoms with Crippen LogP contribution >= 0.6 is 0 Å². The highest BCUT2D eigenvalue weighted by molar-refractivity contribution is 6.02. The van der Waals surface area contributed by atoms with E-state index in [1.807, 2.05) is 6.92 Å². The van der Waals surface area contributed by atoms with Crippen LogP contribution in [-0.2, 0) is 9.53 Å². The summed E-state index contributed by atoms with van der Waals surface area (Å²) in [6, 6.07) is 3.49. The number of esters is 1. The fourth-order valence-electron chi connectivity index (χ4n) is 3.31. The maximum Gasteiger partial charge on any atom is 0.376 e. The fourth-order valence-corrected chi connectivity index (χ4v) is 3.31. The predicted octanol–water partition coefficient (Wildman–Crippen LogP) is 5.16. The monoisotopic (exact) mass is 433 g/mol. The highest BCUT2D eigenvalue weighted by Gasteiger charge is 2.20. The number of hydrogen-bond donors (Lipinski definition) is 1. The molecule has 0 amide bonds. The Morgan fingerprint density at radius 1 is 1.32 bits per heavy atom. The number of nitrogens with one attached hydrogen (secondary N) is 1. The number of pyridine rings is 1. The molecule has 1 atom stereocenters. The molecule has 0 aromatic carbocycles. The molecule has 0 unspecified atom stereocenters. The normalized spacial score (nSPS) is 14.1. The molecule has 1 aliphatic heterocycles. The number of ether oxygens (including phenoxy) is 1. The average molecular weight is 434 g/mol. The van der Waals surface area contributed by atoms with Gasteiger partial charge in [0.05, 0.1) is 7.11 Å². The van der Waals surface area contributed by atoms with Gasteiger partial charge in [0, 0.05) is 19.2 Å². The van der Waals surface area contributed by atoms with Gasteiger partial charge in [-0.2, -0.15) is 0 Å². The summed E-state index contributed by atoms with van der Waals surface area (Å²) in [6.45, 7) is 10.4. The molecular weight excluding hydrogens is 394 g/mol. The Labute approximate surface area is 186 Å². The Kier molecular flexibility index (Phi) is 13.2. The van der Waals surface area contributed by atoms with Gasteiger partial charge >= 0.3 is 5.97 Å². The predicted molar refractivity (Wildman–Crippen MR) is 126 cm³/mol. The van der Waals surface area contributed by atoms with Crippen molar-refractivity contribution < 1.29 is 18.7 Å². The van der Waals surface area contributed by atoms with Crippen molar-refractivity contribution >= 4 is 29.0 Å². The molecule has 1 N–H and O–H groups in total. The summed E-state index contributed by atoms with van der Waals surface area (Å²) < 4.78 is 9.95. The van der Waals surface area contributed by atoms with Crippen LogP contribution in [0.15, 0.2) is 22.7 Å². The van der Waals surface area contributed by atoms with Crippen molar-refractivity contribution in [2.45, 2.75) is 59.3 Å². The van der Waals surface area contributed by atoms with E-state index in [4.69, 9.17) is 4.42 Å². The number of aromatic nitrogens is 1. The Bertz CT molecular complexity index is 769. The van der Waals surface area contributed by atoms with Crippen LogP contribution in [0.2, 0.25) is 0 Å². The number of fused-ring (bicyclic) bond motifs is 1. The molecule has 1 aliphatic rings. The third kappa shape index (κ3) is 9.09. The van der Waals surface area contributed by atoms with Crippen LogP contribution in [0.4, 0.5) is 5.69 Å². The number of anilines is 1. The number of carbonyl (C=O) groups is 2. The number of aldehydes is 1. The van der Waals surface area contributed by atoms with E-state index in [2.05, 4.69) is 33.8 Å². The Morgan fingerprint density at radius 3 is 2.58 bits per heavy atom. The maximum absolute atomic E-state index is 11.4. The van der Waals surface area contributed by atoms with Gasteiger partial charge in [0.2, 0.25) is 5.76 Å². The highest BCUT2D eigenvalue weighted by Crippen LogP contribution is 2.28. The number of furan rings is 1.